The summed E-state index contributed by atoms with van der Waals surface area (Å²) in [6, 6.07) is 10.5. The second-order valence-corrected chi connectivity index (χ2v) is 7.90. The van der Waals surface area contributed by atoms with E-state index in [2.05, 4.69) is 15.3 Å². The molecule has 4 aromatic rings. The first kappa shape index (κ1) is 21.6. The lowest BCUT2D eigenvalue weighted by Gasteiger charge is -2.16. The van der Waals surface area contributed by atoms with Gasteiger partial charge in [0, 0.05) is 23.8 Å². The summed E-state index contributed by atoms with van der Waals surface area (Å²) in [7, 11) is 0. The Hall–Kier alpha value is -3.66. The molecular weight excluding hydrogens is 439 g/mol. The Balaban J connectivity index is 1.75. The van der Waals surface area contributed by atoms with E-state index in [0.717, 1.165) is 11.8 Å². The molecule has 0 saturated heterocycles. The third kappa shape index (κ3) is 4.35. The molecule has 0 aliphatic rings. The fraction of sp³-hybridized carbons (Fsp3) is 0.136. The number of halogens is 3. The highest BCUT2D eigenvalue weighted by Crippen LogP contribution is 2.35. The number of alkyl halides is 3. The summed E-state index contributed by atoms with van der Waals surface area (Å²) in [6.07, 6.45) is -1.20. The van der Waals surface area contributed by atoms with E-state index >= 15 is 0 Å². The summed E-state index contributed by atoms with van der Waals surface area (Å²) in [4.78, 5) is 20.5. The van der Waals surface area contributed by atoms with Crippen LogP contribution in [0.1, 0.15) is 27.2 Å². The molecule has 0 fully saturated rings. The predicted molar refractivity (Wildman–Crippen MR) is 117 cm³/mol. The van der Waals surface area contributed by atoms with Crippen molar-refractivity contribution in [3.63, 3.8) is 0 Å². The van der Waals surface area contributed by atoms with Gasteiger partial charge >= 0.3 is 6.18 Å². The van der Waals surface area contributed by atoms with E-state index in [4.69, 9.17) is 5.73 Å². The standard InChI is InChI=1S/C22H18F3N5OS/c1-13-16(20(26)31)9-19(18-12-32-21(29-18)28-15-6-4-8-27-10-15)30(13)11-14-5-2-3-7-17(14)22(23,24)25/h2-10,12H,11H2,1H3,(H2,26,31)(H,28,29). The minimum atomic E-state index is -4.49. The van der Waals surface area contributed by atoms with Gasteiger partial charge in [-0.2, -0.15) is 13.2 Å². The number of anilines is 2. The van der Waals surface area contributed by atoms with Gasteiger partial charge in [-0.3, -0.25) is 9.78 Å². The maximum Gasteiger partial charge on any atom is 0.416 e. The monoisotopic (exact) mass is 457 g/mol. The Morgan fingerprint density at radius 2 is 2.00 bits per heavy atom. The van der Waals surface area contributed by atoms with Gasteiger partial charge in [0.1, 0.15) is 0 Å². The van der Waals surface area contributed by atoms with Crippen molar-refractivity contribution >= 4 is 28.1 Å². The number of amides is 1. The number of carbonyl (C=O) groups is 1. The number of nitrogens with one attached hydrogen (secondary N) is 1. The van der Waals surface area contributed by atoms with Crippen LogP contribution in [0.15, 0.2) is 60.2 Å². The number of thiazole rings is 1. The van der Waals surface area contributed by atoms with Gasteiger partial charge in [0.15, 0.2) is 5.13 Å². The van der Waals surface area contributed by atoms with Crippen LogP contribution in [-0.4, -0.2) is 20.4 Å². The lowest BCUT2D eigenvalue weighted by molar-refractivity contribution is -0.138. The van der Waals surface area contributed by atoms with Crippen molar-refractivity contribution in [1.29, 1.82) is 0 Å². The van der Waals surface area contributed by atoms with Crippen molar-refractivity contribution < 1.29 is 18.0 Å². The number of hydrogen-bond donors (Lipinski definition) is 2. The van der Waals surface area contributed by atoms with Crippen molar-refractivity contribution in [3.05, 3.63) is 82.6 Å². The third-order valence-electron chi connectivity index (χ3n) is 4.96. The number of primary amides is 1. The highest BCUT2D eigenvalue weighted by molar-refractivity contribution is 7.14. The molecule has 0 bridgehead atoms. The van der Waals surface area contributed by atoms with Crippen LogP contribution >= 0.6 is 11.3 Å². The largest absolute Gasteiger partial charge is 0.416 e. The van der Waals surface area contributed by atoms with Crippen molar-refractivity contribution in [2.24, 2.45) is 5.73 Å². The van der Waals surface area contributed by atoms with Gasteiger partial charge < -0.3 is 15.6 Å². The zero-order chi connectivity index (χ0) is 22.9. The number of benzene rings is 1. The van der Waals surface area contributed by atoms with Gasteiger partial charge in [-0.05, 0) is 36.8 Å². The molecule has 0 unspecified atom stereocenters. The Morgan fingerprint density at radius 3 is 2.69 bits per heavy atom. The Morgan fingerprint density at radius 1 is 1.22 bits per heavy atom. The number of nitrogens with two attached hydrogens (primary N) is 1. The minimum Gasteiger partial charge on any atom is -0.366 e. The lowest BCUT2D eigenvalue weighted by atomic mass is 10.1. The maximum atomic E-state index is 13.5. The molecule has 0 aliphatic heterocycles. The fourth-order valence-electron chi connectivity index (χ4n) is 3.42. The summed E-state index contributed by atoms with van der Waals surface area (Å²) in [6.45, 7) is 1.56. The van der Waals surface area contributed by atoms with Crippen LogP contribution in [0.25, 0.3) is 11.4 Å². The molecule has 4 rings (SSSR count). The molecule has 0 spiro atoms. The van der Waals surface area contributed by atoms with Crippen molar-refractivity contribution in [2.45, 2.75) is 19.6 Å². The van der Waals surface area contributed by atoms with Crippen molar-refractivity contribution in [1.82, 2.24) is 14.5 Å². The van der Waals surface area contributed by atoms with Gasteiger partial charge in [0.05, 0.1) is 34.4 Å². The van der Waals surface area contributed by atoms with Crippen LogP contribution in [0.2, 0.25) is 0 Å². The van der Waals surface area contributed by atoms with Gasteiger partial charge in [-0.25, -0.2) is 4.98 Å². The average Bonchev–Trinajstić information content (AvgIpc) is 3.33. The third-order valence-corrected chi connectivity index (χ3v) is 5.72. The molecule has 1 aromatic carbocycles. The molecule has 32 heavy (non-hydrogen) atoms. The number of aromatic nitrogens is 3. The van der Waals surface area contributed by atoms with E-state index in [1.807, 2.05) is 6.07 Å². The predicted octanol–water partition coefficient (Wildman–Crippen LogP) is 5.22. The maximum absolute atomic E-state index is 13.5. The van der Waals surface area contributed by atoms with Crippen LogP contribution in [0.4, 0.5) is 24.0 Å². The second kappa shape index (κ2) is 8.46. The van der Waals surface area contributed by atoms with Crippen molar-refractivity contribution in [2.75, 3.05) is 5.32 Å². The average molecular weight is 457 g/mol. The highest BCUT2D eigenvalue weighted by Gasteiger charge is 2.33. The van der Waals surface area contributed by atoms with E-state index in [1.54, 1.807) is 47.5 Å². The molecular formula is C22H18F3N5OS. The first-order chi connectivity index (χ1) is 15.2. The molecule has 10 heteroatoms. The van der Waals surface area contributed by atoms with Gasteiger partial charge in [0.25, 0.3) is 5.91 Å². The second-order valence-electron chi connectivity index (χ2n) is 7.04. The molecule has 3 N–H and O–H groups in total. The number of nitrogens with zero attached hydrogens (tertiary/aromatic N) is 3. The topological polar surface area (TPSA) is 85.8 Å². The fourth-order valence-corrected chi connectivity index (χ4v) is 4.15. The molecule has 3 aromatic heterocycles. The molecule has 6 nitrogen and oxygen atoms in total. The molecule has 0 atom stereocenters. The summed E-state index contributed by atoms with van der Waals surface area (Å²) in [5, 5.41) is 5.48. The number of hydrogen-bond acceptors (Lipinski definition) is 5. The van der Waals surface area contributed by atoms with Crippen LogP contribution in [0, 0.1) is 6.92 Å². The van der Waals surface area contributed by atoms with Crippen LogP contribution < -0.4 is 11.1 Å². The molecule has 0 aliphatic carbocycles. The summed E-state index contributed by atoms with van der Waals surface area (Å²) < 4.78 is 42.2. The molecule has 164 valence electrons. The van der Waals surface area contributed by atoms with Crippen LogP contribution in [-0.2, 0) is 12.7 Å². The molecule has 0 saturated carbocycles. The first-order valence-corrected chi connectivity index (χ1v) is 10.4. The van der Waals surface area contributed by atoms with E-state index in [0.29, 0.717) is 22.2 Å². The van der Waals surface area contributed by atoms with Gasteiger partial charge in [-0.15, -0.1) is 11.3 Å². The zero-order valence-corrected chi connectivity index (χ0v) is 17.7. The summed E-state index contributed by atoms with van der Waals surface area (Å²) in [5.41, 5.74) is 7.34. The number of carbonyl (C=O) groups excluding carboxylic acids is 1. The van der Waals surface area contributed by atoms with Crippen LogP contribution in [0.5, 0.6) is 0 Å². The smallest absolute Gasteiger partial charge is 0.366 e. The normalized spacial score (nSPS) is 11.5. The Bertz CT molecular complexity index is 1260. The number of rotatable bonds is 6. The van der Waals surface area contributed by atoms with E-state index in [9.17, 15) is 18.0 Å². The van der Waals surface area contributed by atoms with Gasteiger partial charge in [0.2, 0.25) is 0 Å². The highest BCUT2D eigenvalue weighted by atomic mass is 32.1. The summed E-state index contributed by atoms with van der Waals surface area (Å²) in [5.74, 6) is -0.657. The minimum absolute atomic E-state index is 0.0832. The van der Waals surface area contributed by atoms with Crippen molar-refractivity contribution in [3.8, 4) is 11.4 Å². The summed E-state index contributed by atoms with van der Waals surface area (Å²) >= 11 is 1.33. The quantitative estimate of drug-likeness (QED) is 0.415. The van der Waals surface area contributed by atoms with Gasteiger partial charge in [-0.1, -0.05) is 18.2 Å². The van der Waals surface area contributed by atoms with Crippen LogP contribution in [0.3, 0.4) is 0 Å². The Labute approximate surface area is 185 Å². The van der Waals surface area contributed by atoms with E-state index in [-0.39, 0.29) is 17.7 Å². The molecule has 0 radical (unpaired) electrons. The zero-order valence-electron chi connectivity index (χ0n) is 16.8. The lowest BCUT2D eigenvalue weighted by Crippen LogP contribution is -2.15. The number of pyridine rings is 1. The van der Waals surface area contributed by atoms with E-state index in [1.165, 1.54) is 23.5 Å². The Kier molecular flexibility index (Phi) is 5.70. The molecule has 3 heterocycles. The SMILES string of the molecule is Cc1c(C(N)=O)cc(-c2csc(Nc3cccnc3)n2)n1Cc1ccccc1C(F)(F)F. The molecule has 1 amide bonds. The van der Waals surface area contributed by atoms with E-state index < -0.39 is 17.6 Å². The first-order valence-electron chi connectivity index (χ1n) is 9.52.